The van der Waals surface area contributed by atoms with Crippen molar-refractivity contribution in [2.24, 2.45) is 0 Å². The topological polar surface area (TPSA) is 71.5 Å². The van der Waals surface area contributed by atoms with Crippen molar-refractivity contribution in [1.29, 1.82) is 0 Å². The molecule has 1 aromatic heterocycles. The SMILES string of the molecule is COCCC(Nc1nc(C)cs1)C(=O)O. The molecule has 1 unspecified atom stereocenters. The minimum absolute atomic E-state index is 0.411. The number of aliphatic carboxylic acids is 1. The first kappa shape index (κ1) is 11.9. The van der Waals surface area contributed by atoms with Crippen molar-refractivity contribution < 1.29 is 14.6 Å². The summed E-state index contributed by atoms with van der Waals surface area (Å²) in [4.78, 5) is 15.0. The molecule has 0 saturated heterocycles. The Morgan fingerprint density at radius 2 is 2.53 bits per heavy atom. The number of ether oxygens (including phenoxy) is 1. The highest BCUT2D eigenvalue weighted by molar-refractivity contribution is 7.13. The number of carboxylic acid groups (broad SMARTS) is 1. The molecule has 0 aliphatic carbocycles. The molecule has 0 aliphatic rings. The lowest BCUT2D eigenvalue weighted by Crippen LogP contribution is -2.30. The predicted octanol–water partition coefficient (Wildman–Crippen LogP) is 1.35. The smallest absolute Gasteiger partial charge is 0.326 e. The molecule has 15 heavy (non-hydrogen) atoms. The molecule has 0 bridgehead atoms. The number of hydrogen-bond acceptors (Lipinski definition) is 5. The average Bonchev–Trinajstić information content (AvgIpc) is 2.58. The van der Waals surface area contributed by atoms with Gasteiger partial charge in [0, 0.05) is 25.5 Å². The maximum atomic E-state index is 10.9. The zero-order valence-corrected chi connectivity index (χ0v) is 9.50. The molecule has 6 heteroatoms. The lowest BCUT2D eigenvalue weighted by Gasteiger charge is -2.12. The number of rotatable bonds is 6. The van der Waals surface area contributed by atoms with Crippen LogP contribution in [-0.2, 0) is 9.53 Å². The summed E-state index contributed by atoms with van der Waals surface area (Å²) in [5.74, 6) is -0.889. The number of carboxylic acids is 1. The van der Waals surface area contributed by atoms with Crippen molar-refractivity contribution in [2.75, 3.05) is 19.0 Å². The van der Waals surface area contributed by atoms with Gasteiger partial charge in [0.25, 0.3) is 0 Å². The van der Waals surface area contributed by atoms with Gasteiger partial charge in [0.15, 0.2) is 5.13 Å². The summed E-state index contributed by atoms with van der Waals surface area (Å²) < 4.78 is 4.85. The van der Waals surface area contributed by atoms with Crippen LogP contribution >= 0.6 is 11.3 Å². The van der Waals surface area contributed by atoms with Gasteiger partial charge in [-0.2, -0.15) is 0 Å². The molecular weight excluding hydrogens is 216 g/mol. The predicted molar refractivity (Wildman–Crippen MR) is 58.4 cm³/mol. The molecular formula is C9H14N2O3S. The molecule has 0 fully saturated rings. The Labute approximate surface area is 92.1 Å². The molecule has 0 amide bonds. The summed E-state index contributed by atoms with van der Waals surface area (Å²) in [6.45, 7) is 2.28. The molecule has 84 valence electrons. The molecule has 1 rings (SSSR count). The molecule has 0 aromatic carbocycles. The molecule has 0 radical (unpaired) electrons. The largest absolute Gasteiger partial charge is 0.480 e. The van der Waals surface area contributed by atoms with Crippen molar-refractivity contribution in [3.05, 3.63) is 11.1 Å². The van der Waals surface area contributed by atoms with Crippen LogP contribution in [0.25, 0.3) is 0 Å². The first-order valence-corrected chi connectivity index (χ1v) is 5.42. The zero-order chi connectivity index (χ0) is 11.3. The van der Waals surface area contributed by atoms with E-state index >= 15 is 0 Å². The zero-order valence-electron chi connectivity index (χ0n) is 8.69. The standard InChI is InChI=1S/C9H14N2O3S/c1-6-5-15-9(10-6)11-7(8(12)13)3-4-14-2/h5,7H,3-4H2,1-2H3,(H,10,11)(H,12,13). The third-order valence-electron chi connectivity index (χ3n) is 1.83. The fraction of sp³-hybridized carbons (Fsp3) is 0.556. The monoisotopic (exact) mass is 230 g/mol. The van der Waals surface area contributed by atoms with Gasteiger partial charge < -0.3 is 15.2 Å². The van der Waals surface area contributed by atoms with Crippen LogP contribution in [0.15, 0.2) is 5.38 Å². The van der Waals surface area contributed by atoms with E-state index in [0.717, 1.165) is 5.69 Å². The minimum atomic E-state index is -0.889. The number of methoxy groups -OCH3 is 1. The van der Waals surface area contributed by atoms with Crippen LogP contribution in [0.5, 0.6) is 0 Å². The van der Waals surface area contributed by atoms with E-state index in [1.807, 2.05) is 12.3 Å². The van der Waals surface area contributed by atoms with Gasteiger partial charge in [0.1, 0.15) is 6.04 Å². The Bertz CT molecular complexity index is 327. The number of carbonyl (C=O) groups is 1. The average molecular weight is 230 g/mol. The van der Waals surface area contributed by atoms with E-state index in [1.165, 1.54) is 11.3 Å². The fourth-order valence-electron chi connectivity index (χ4n) is 1.06. The number of hydrogen-bond donors (Lipinski definition) is 2. The highest BCUT2D eigenvalue weighted by atomic mass is 32.1. The van der Waals surface area contributed by atoms with Crippen LogP contribution in [-0.4, -0.2) is 35.8 Å². The maximum Gasteiger partial charge on any atom is 0.326 e. The van der Waals surface area contributed by atoms with E-state index in [2.05, 4.69) is 10.3 Å². The summed E-state index contributed by atoms with van der Waals surface area (Å²) >= 11 is 1.40. The molecule has 2 N–H and O–H groups in total. The lowest BCUT2D eigenvalue weighted by atomic mass is 10.2. The molecule has 0 spiro atoms. The Morgan fingerprint density at radius 3 is 3.00 bits per heavy atom. The number of thiazole rings is 1. The first-order valence-electron chi connectivity index (χ1n) is 4.54. The second-order valence-electron chi connectivity index (χ2n) is 3.11. The van der Waals surface area contributed by atoms with Gasteiger partial charge in [-0.3, -0.25) is 0 Å². The van der Waals surface area contributed by atoms with Crippen molar-refractivity contribution in [3.63, 3.8) is 0 Å². The van der Waals surface area contributed by atoms with E-state index in [4.69, 9.17) is 9.84 Å². The molecule has 1 aromatic rings. The van der Waals surface area contributed by atoms with Gasteiger partial charge in [0.2, 0.25) is 0 Å². The summed E-state index contributed by atoms with van der Waals surface area (Å²) in [6.07, 6.45) is 0.421. The highest BCUT2D eigenvalue weighted by Crippen LogP contribution is 2.16. The molecule has 5 nitrogen and oxygen atoms in total. The van der Waals surface area contributed by atoms with E-state index in [-0.39, 0.29) is 0 Å². The van der Waals surface area contributed by atoms with Crippen LogP contribution in [0, 0.1) is 6.92 Å². The highest BCUT2D eigenvalue weighted by Gasteiger charge is 2.17. The summed E-state index contributed by atoms with van der Waals surface area (Å²) in [5.41, 5.74) is 0.887. The number of nitrogens with one attached hydrogen (secondary N) is 1. The second kappa shape index (κ2) is 5.67. The van der Waals surface area contributed by atoms with E-state index < -0.39 is 12.0 Å². The Kier molecular flexibility index (Phi) is 4.51. The summed E-state index contributed by atoms with van der Waals surface area (Å²) in [6, 6.07) is -0.643. The van der Waals surface area contributed by atoms with Gasteiger partial charge >= 0.3 is 5.97 Å². The van der Waals surface area contributed by atoms with Gasteiger partial charge in [-0.25, -0.2) is 9.78 Å². The van der Waals surface area contributed by atoms with Crippen molar-refractivity contribution in [2.45, 2.75) is 19.4 Å². The van der Waals surface area contributed by atoms with E-state index in [9.17, 15) is 4.79 Å². The molecule has 0 aliphatic heterocycles. The minimum Gasteiger partial charge on any atom is -0.480 e. The summed E-state index contributed by atoms with van der Waals surface area (Å²) in [7, 11) is 1.55. The van der Waals surface area contributed by atoms with Gasteiger partial charge in [0.05, 0.1) is 5.69 Å². The van der Waals surface area contributed by atoms with Crippen molar-refractivity contribution in [1.82, 2.24) is 4.98 Å². The van der Waals surface area contributed by atoms with Gasteiger partial charge in [-0.05, 0) is 6.92 Å². The Morgan fingerprint density at radius 1 is 1.80 bits per heavy atom. The molecule has 1 heterocycles. The third kappa shape index (κ3) is 3.85. The van der Waals surface area contributed by atoms with Crippen LogP contribution in [0.2, 0.25) is 0 Å². The first-order chi connectivity index (χ1) is 7.13. The van der Waals surface area contributed by atoms with Crippen molar-refractivity contribution in [3.8, 4) is 0 Å². The second-order valence-corrected chi connectivity index (χ2v) is 3.97. The van der Waals surface area contributed by atoms with Crippen LogP contribution in [0.3, 0.4) is 0 Å². The van der Waals surface area contributed by atoms with Gasteiger partial charge in [-0.1, -0.05) is 0 Å². The number of aromatic nitrogens is 1. The quantitative estimate of drug-likeness (QED) is 0.772. The fourth-order valence-corrected chi connectivity index (χ4v) is 1.80. The number of aryl methyl sites for hydroxylation is 1. The van der Waals surface area contributed by atoms with Gasteiger partial charge in [-0.15, -0.1) is 11.3 Å². The van der Waals surface area contributed by atoms with Crippen molar-refractivity contribution >= 4 is 22.4 Å². The lowest BCUT2D eigenvalue weighted by molar-refractivity contribution is -0.138. The summed E-state index contributed by atoms with van der Waals surface area (Å²) in [5, 5.41) is 14.3. The molecule has 0 saturated carbocycles. The van der Waals surface area contributed by atoms with Crippen LogP contribution < -0.4 is 5.32 Å². The number of nitrogens with zero attached hydrogens (tertiary/aromatic N) is 1. The van der Waals surface area contributed by atoms with Crippen LogP contribution in [0.4, 0.5) is 5.13 Å². The Balaban J connectivity index is 2.54. The third-order valence-corrected chi connectivity index (χ3v) is 2.72. The van der Waals surface area contributed by atoms with E-state index in [0.29, 0.717) is 18.2 Å². The Hall–Kier alpha value is -1.14. The maximum absolute atomic E-state index is 10.9. The normalized spacial score (nSPS) is 12.4. The number of anilines is 1. The molecule has 1 atom stereocenters. The van der Waals surface area contributed by atoms with Crippen LogP contribution in [0.1, 0.15) is 12.1 Å². The van der Waals surface area contributed by atoms with E-state index in [1.54, 1.807) is 7.11 Å².